The van der Waals surface area contributed by atoms with E-state index < -0.39 is 0 Å². The average Bonchev–Trinajstić information content (AvgIpc) is 1.59. The molecule has 23 heteroatoms. The van der Waals surface area contributed by atoms with Crippen LogP contribution in [-0.4, -0.2) is 101 Å². The van der Waals surface area contributed by atoms with Gasteiger partial charge >= 0.3 is 147 Å². The van der Waals surface area contributed by atoms with Crippen molar-refractivity contribution in [2.24, 2.45) is 10.8 Å². The molecule has 736 valence electrons. The number of pyridine rings is 6. The normalized spacial score (nSPS) is 11.6. The Morgan fingerprint density at radius 3 is 1.15 bits per heavy atom. The Kier molecular flexibility index (Phi) is 39.2. The zero-order valence-electron chi connectivity index (χ0n) is 89.8. The van der Waals surface area contributed by atoms with E-state index in [-0.39, 0.29) is 95.6 Å². The summed E-state index contributed by atoms with van der Waals surface area (Å²) in [6.45, 7) is 40.3. The molecule has 0 aliphatic rings. The molecule has 0 aliphatic carbocycles. The van der Waals surface area contributed by atoms with Gasteiger partial charge in [-0.2, -0.15) is 0 Å². The first kappa shape index (κ1) is 117. The number of imidazole rings is 6. The van der Waals surface area contributed by atoms with Gasteiger partial charge in [-0.15, -0.1) is 173 Å². The van der Waals surface area contributed by atoms with Gasteiger partial charge < -0.3 is 50.4 Å². The summed E-state index contributed by atoms with van der Waals surface area (Å²) in [4.78, 5) is 29.1. The summed E-state index contributed by atoms with van der Waals surface area (Å²) in [5.74, 6) is 2.78. The van der Waals surface area contributed by atoms with E-state index in [0.717, 1.165) is 149 Å². The maximum Gasteiger partial charge on any atom is 2.00 e. The van der Waals surface area contributed by atoms with E-state index >= 15 is 0 Å². The van der Waals surface area contributed by atoms with Crippen LogP contribution in [0, 0.1) is 68.0 Å². The van der Waals surface area contributed by atoms with Crippen LogP contribution in [0.3, 0.4) is 0 Å². The molecule has 0 unspecified atom stereocenters. The van der Waals surface area contributed by atoms with Crippen molar-refractivity contribution >= 4 is 225 Å². The Hall–Kier alpha value is -9.18. The van der Waals surface area contributed by atoms with Crippen molar-refractivity contribution in [2.45, 2.75) is 168 Å². The first-order chi connectivity index (χ1) is 69.8. The second kappa shape index (κ2) is 49.9. The number of hydrogen-bond acceptors (Lipinski definition) is 6. The van der Waals surface area contributed by atoms with Gasteiger partial charge in [-0.05, 0) is 166 Å². The van der Waals surface area contributed by atoms with Gasteiger partial charge in [0, 0.05) is 91.9 Å². The molecule has 13 aromatic carbocycles. The van der Waals surface area contributed by atoms with Crippen LogP contribution in [-0.2, 0) is 72.8 Å². The van der Waals surface area contributed by atoms with Crippen molar-refractivity contribution in [3.05, 3.63) is 378 Å². The number of para-hydroxylation sites is 4. The molecule has 25 aromatic rings. The van der Waals surface area contributed by atoms with Crippen LogP contribution in [0.15, 0.2) is 286 Å². The maximum absolute atomic E-state index is 5.05. The third-order valence-electron chi connectivity index (χ3n) is 27.1. The average molecular weight is 2370 g/mol. The molecule has 0 aliphatic heterocycles. The van der Waals surface area contributed by atoms with Crippen LogP contribution in [0.4, 0.5) is 5.82 Å². The number of benzene rings is 13. The minimum Gasteiger partial charge on any atom is -1.00 e. The van der Waals surface area contributed by atoms with E-state index in [0.29, 0.717) is 28.2 Å². The summed E-state index contributed by atoms with van der Waals surface area (Å²) in [6.07, 6.45) is 13.7. The number of aromatic nitrogens is 12. The number of aryl methyl sites for hydroxylation is 4. The molecular formula is C126H120AgBrCl2ILi2MgN13Zn2. The fourth-order valence-corrected chi connectivity index (χ4v) is 20.2. The van der Waals surface area contributed by atoms with E-state index in [9.17, 15) is 0 Å². The summed E-state index contributed by atoms with van der Waals surface area (Å²) in [5.41, 5.74) is 28.8. The standard InChI is InChI=1S/C35H41N2.C21H21N2.C18H17N3.C18H15N2.2C17H13N2.Ag.BrH.2ClH.HI.2Li.Mg.2Zn/c1-21(2)25-17-28(22(3)4)33(29(18-25)23(5)6)32-20-36-34-27-13-11-10-12-26(27)30-16-24(19-35(7,8)9)14-15-31(30)37(32)34;1-14-9-10-19-18(11-14)16-7-5-6-8-17(16)20-22-15(13-23(19)20)12-21(2,3)4;1-21(2,3)17-12-20-16-11-7-6-9-14(16)13-8-4-5-10-15(13)18(20)19-17;1-12(2)16-11-20-17-10-6-5-8-14(17)13-7-3-4-9-15(13)18(20)19-16;1-11-12(2)19-16-10-6-5-8-14(16)13-7-3-4-9-15(13)17(19)18-11;1-2-12-11-19-16-10-6-5-8-14(16)13-7-3-4-9-15(13)17(19)18-12;;;;;;;;;;/h10-12,14-18,20-23H,19H2,1-9H3;5-7,9-11,13H,12H2,1-4H3;4-9,11-12H,1-3H3;3-8,10-12H,1-2H3;3-8,10H,1-2H3;3-8,10-11H,2H2,1H3;;4*1H;;;;;/q2*-1;;3*-1;+1;;;;;2*+1;3*+2/p-4. The minimum atomic E-state index is 0. The van der Waals surface area contributed by atoms with E-state index in [1.54, 1.807) is 0 Å². The predicted molar refractivity (Wildman–Crippen MR) is 612 cm³/mol. The Morgan fingerprint density at radius 1 is 0.369 bits per heavy atom. The van der Waals surface area contributed by atoms with Crippen molar-refractivity contribution in [1.29, 1.82) is 0 Å². The minimum absolute atomic E-state index is 0. The number of halogens is 4. The largest absolute Gasteiger partial charge is 2.00 e. The van der Waals surface area contributed by atoms with Crippen molar-refractivity contribution in [3.63, 3.8) is 0 Å². The third-order valence-corrected chi connectivity index (χ3v) is 27.1. The maximum atomic E-state index is 5.05. The van der Waals surface area contributed by atoms with Crippen LogP contribution in [0.5, 0.6) is 0 Å². The Morgan fingerprint density at radius 2 is 0.725 bits per heavy atom. The summed E-state index contributed by atoms with van der Waals surface area (Å²) < 4.78 is 14.1. The van der Waals surface area contributed by atoms with Crippen LogP contribution < -0.4 is 66.2 Å². The topological polar surface area (TPSA) is 104 Å². The number of fused-ring (bicyclic) bond motifs is 36. The number of quaternary nitrogens is 1. The molecule has 0 atom stereocenters. The van der Waals surface area contributed by atoms with E-state index in [1.165, 1.54) is 143 Å². The molecule has 25 rings (SSSR count). The number of nitrogens with zero attached hydrogens (tertiary/aromatic N) is 13. The second-order valence-electron chi connectivity index (χ2n) is 42.0. The molecule has 0 spiro atoms. The molecular weight excluding hydrogens is 2250 g/mol. The van der Waals surface area contributed by atoms with Gasteiger partial charge in [0.15, 0.2) is 0 Å². The zero-order valence-corrected chi connectivity index (χ0v) is 104. The van der Waals surface area contributed by atoms with Crippen molar-refractivity contribution in [3.8, 4) is 11.3 Å². The van der Waals surface area contributed by atoms with Gasteiger partial charge in [0.2, 0.25) is 5.82 Å². The van der Waals surface area contributed by atoms with E-state index in [2.05, 4.69) is 466 Å². The predicted octanol–water partition coefficient (Wildman–Crippen LogP) is 24.5. The zero-order chi connectivity index (χ0) is 103. The Labute approximate surface area is 979 Å². The first-order valence-electron chi connectivity index (χ1n) is 49.7. The molecule has 12 aromatic heterocycles. The Balaban J connectivity index is 0.000000149. The fraction of sp³-hybridized carbons (Fsp3) is 0.238. The number of rotatable bonds is 9. The summed E-state index contributed by atoms with van der Waals surface area (Å²) in [6, 6.07) is 110. The quantitative estimate of drug-likeness (QED) is 0.0469. The number of hydrogen-bond donors (Lipinski definition) is 0. The molecule has 12 heterocycles. The SMILES string of the molecule is CC(C)c1cc(C(C)C)c(-c2cnc3c4[c-]cccc4c4cc(CC(C)(C)C)ccc4n23)c(C(C)C)c1.CC(C)c1cn2c3ccccc3c3ccc[c-]c3c2n1.CCc1cn2c3ccccc3c3ccc[c-]c3c2n1.C[N+](C)(C)c1cn2c3ccccc3c3ccc[c-]c3c2n1.Cc1ccc2c(c1)c1ccc[c-]c1c1nc(CC(C)(C)C)cn21.Cc1nc2c3[c-]cccc3c3ccccc3n2c1C.[Br][Ag].[Cl][Zn+].[Cl][Zn+].[I-].[Li+].[Li+].[Mg+2]. The third kappa shape index (κ3) is 23.9. The molecule has 0 amide bonds. The van der Waals surface area contributed by atoms with E-state index in [1.807, 2.05) is 60.7 Å². The molecule has 0 N–H and O–H groups in total. The second-order valence-corrected chi connectivity index (χ2v) is 42.0. The molecule has 149 heavy (non-hydrogen) atoms. The summed E-state index contributed by atoms with van der Waals surface area (Å²) >= 11 is 7.20. The fourth-order valence-electron chi connectivity index (χ4n) is 20.2. The summed E-state index contributed by atoms with van der Waals surface area (Å²) in [7, 11) is 15.9. The van der Waals surface area contributed by atoms with Gasteiger partial charge in [-0.1, -0.05) is 256 Å². The van der Waals surface area contributed by atoms with Crippen LogP contribution >= 0.6 is 32.4 Å². The van der Waals surface area contributed by atoms with Gasteiger partial charge in [-0.3, -0.25) is 29.4 Å². The van der Waals surface area contributed by atoms with Crippen molar-refractivity contribution in [2.75, 3.05) is 21.1 Å². The Bertz CT molecular complexity index is 8900. The van der Waals surface area contributed by atoms with Crippen LogP contribution in [0.25, 0.3) is 175 Å². The first-order valence-corrected chi connectivity index (χ1v) is 60.9. The molecule has 0 fully saturated rings. The van der Waals surface area contributed by atoms with Crippen molar-refractivity contribution < 1.29 is 115 Å². The van der Waals surface area contributed by atoms with Crippen molar-refractivity contribution in [1.82, 2.24) is 60.8 Å². The molecule has 0 bridgehead atoms. The molecule has 0 radical (unpaired) electrons. The summed E-state index contributed by atoms with van der Waals surface area (Å²) in [5, 5.41) is 21.4. The van der Waals surface area contributed by atoms with E-state index in [4.69, 9.17) is 49.3 Å². The molecule has 13 nitrogen and oxygen atoms in total. The monoisotopic (exact) mass is 2360 g/mol. The van der Waals surface area contributed by atoms with Gasteiger partial charge in [-0.25, -0.2) is 4.98 Å². The van der Waals surface area contributed by atoms with Crippen LogP contribution in [0.1, 0.15) is 184 Å². The van der Waals surface area contributed by atoms with Crippen LogP contribution in [0.2, 0.25) is 0 Å². The smallest absolute Gasteiger partial charge is 1.00 e. The molecule has 0 saturated carbocycles. The van der Waals surface area contributed by atoms with Gasteiger partial charge in [0.05, 0.1) is 66.9 Å². The van der Waals surface area contributed by atoms with Gasteiger partial charge in [0.25, 0.3) is 0 Å². The van der Waals surface area contributed by atoms with Gasteiger partial charge in [0.1, 0.15) is 0 Å². The molecule has 0 saturated heterocycles.